The molecule has 1 aromatic carbocycles. The van der Waals surface area contributed by atoms with E-state index in [0.717, 1.165) is 21.3 Å². The Bertz CT molecular complexity index is 1310. The summed E-state index contributed by atoms with van der Waals surface area (Å²) >= 11 is 3.45. The number of hydrogen-bond acceptors (Lipinski definition) is 5. The third kappa shape index (κ3) is 4.35. The first kappa shape index (κ1) is 20.8. The van der Waals surface area contributed by atoms with E-state index in [1.165, 1.54) is 0 Å². The van der Waals surface area contributed by atoms with Crippen LogP contribution < -0.4 is 0 Å². The lowest BCUT2D eigenvalue weighted by Crippen LogP contribution is -2.31. The number of carbonyl (C=O) groups is 1. The smallest absolute Gasteiger partial charge is 0.257 e. The summed E-state index contributed by atoms with van der Waals surface area (Å²) in [4.78, 5) is 24.6. The summed E-state index contributed by atoms with van der Waals surface area (Å²) in [5.74, 6) is 0.598. The number of rotatable bonds is 5. The predicted molar refractivity (Wildman–Crippen MR) is 120 cm³/mol. The van der Waals surface area contributed by atoms with Crippen LogP contribution in [0.2, 0.25) is 0 Å². The second-order valence-corrected chi connectivity index (χ2v) is 8.15. The minimum atomic E-state index is -0.162. The molecule has 1 amide bonds. The van der Waals surface area contributed by atoms with Crippen LogP contribution in [0, 0.1) is 25.2 Å². The van der Waals surface area contributed by atoms with Gasteiger partial charge in [0.25, 0.3) is 5.91 Å². The number of nitriles is 1. The molecule has 0 radical (unpaired) electrons. The molecule has 0 N–H and O–H groups in total. The van der Waals surface area contributed by atoms with Crippen LogP contribution in [-0.4, -0.2) is 20.8 Å². The number of furan rings is 1. The topological polar surface area (TPSA) is 83.0 Å². The number of fused-ring (bicyclic) bond motifs is 1. The van der Waals surface area contributed by atoms with Gasteiger partial charge in [0.2, 0.25) is 5.76 Å². The lowest BCUT2D eigenvalue weighted by molar-refractivity contribution is 0.0718. The molecular weight excluding hydrogens is 456 g/mol. The number of pyridine rings is 2. The number of aromatic nitrogens is 2. The minimum absolute atomic E-state index is 0.162. The maximum Gasteiger partial charge on any atom is 0.257 e. The van der Waals surface area contributed by atoms with Crippen molar-refractivity contribution in [2.24, 2.45) is 0 Å². The Morgan fingerprint density at radius 2 is 1.90 bits per heavy atom. The molecule has 31 heavy (non-hydrogen) atoms. The SMILES string of the molecule is Cc1nc2cccnc2c(C(=O)N(Cc2ccc(Br)cc2)Cc2ccc(C#N)o2)c1C. The molecule has 6 nitrogen and oxygen atoms in total. The number of amides is 1. The van der Waals surface area contributed by atoms with E-state index < -0.39 is 0 Å². The van der Waals surface area contributed by atoms with Crippen LogP contribution in [0.3, 0.4) is 0 Å². The summed E-state index contributed by atoms with van der Waals surface area (Å²) in [7, 11) is 0. The zero-order valence-corrected chi connectivity index (χ0v) is 18.7. The van der Waals surface area contributed by atoms with Gasteiger partial charge in [0.1, 0.15) is 17.3 Å². The average Bonchev–Trinajstić information content (AvgIpc) is 3.23. The van der Waals surface area contributed by atoms with E-state index in [-0.39, 0.29) is 18.2 Å². The second-order valence-electron chi connectivity index (χ2n) is 7.23. The number of halogens is 1. The van der Waals surface area contributed by atoms with Crippen LogP contribution in [0.25, 0.3) is 11.0 Å². The van der Waals surface area contributed by atoms with E-state index in [1.807, 2.05) is 56.3 Å². The molecule has 0 fully saturated rings. The van der Waals surface area contributed by atoms with Crippen molar-refractivity contribution in [2.75, 3.05) is 0 Å². The number of benzene rings is 1. The molecule has 0 saturated heterocycles. The number of aryl methyl sites for hydroxylation is 1. The van der Waals surface area contributed by atoms with Crippen molar-refractivity contribution in [3.63, 3.8) is 0 Å². The van der Waals surface area contributed by atoms with E-state index in [0.29, 0.717) is 28.9 Å². The van der Waals surface area contributed by atoms with Gasteiger partial charge in [-0.25, -0.2) is 0 Å². The Balaban J connectivity index is 1.78. The van der Waals surface area contributed by atoms with Crippen molar-refractivity contribution in [2.45, 2.75) is 26.9 Å². The highest BCUT2D eigenvalue weighted by atomic mass is 79.9. The fraction of sp³-hybridized carbons (Fsp3) is 0.167. The van der Waals surface area contributed by atoms with Gasteiger partial charge in [-0.05, 0) is 61.4 Å². The molecule has 4 rings (SSSR count). The van der Waals surface area contributed by atoms with Gasteiger partial charge < -0.3 is 9.32 Å². The zero-order valence-electron chi connectivity index (χ0n) is 17.1. The quantitative estimate of drug-likeness (QED) is 0.390. The molecule has 154 valence electrons. The standard InChI is InChI=1S/C24H19BrN4O2/c1-15-16(2)28-21-4-3-11-27-23(21)22(15)24(30)29(13-17-5-7-18(25)8-6-17)14-20-10-9-19(12-26)31-20/h3-11H,13-14H2,1-2H3. The summed E-state index contributed by atoms with van der Waals surface area (Å²) < 4.78 is 6.52. The van der Waals surface area contributed by atoms with Crippen LogP contribution in [0.4, 0.5) is 0 Å². The first-order chi connectivity index (χ1) is 15.0. The Labute approximate surface area is 188 Å². The lowest BCUT2D eigenvalue weighted by atomic mass is 10.0. The molecule has 0 aliphatic carbocycles. The van der Waals surface area contributed by atoms with E-state index in [9.17, 15) is 4.79 Å². The molecule has 0 unspecified atom stereocenters. The van der Waals surface area contributed by atoms with Gasteiger partial charge in [-0.3, -0.25) is 14.8 Å². The number of nitrogens with zero attached hydrogens (tertiary/aromatic N) is 4. The monoisotopic (exact) mass is 474 g/mol. The molecular formula is C24H19BrN4O2. The molecule has 0 aliphatic heterocycles. The maximum atomic E-state index is 13.8. The van der Waals surface area contributed by atoms with E-state index in [2.05, 4.69) is 25.9 Å². The maximum absolute atomic E-state index is 13.8. The van der Waals surface area contributed by atoms with Gasteiger partial charge in [0, 0.05) is 22.9 Å². The molecule has 3 aromatic heterocycles. The first-order valence-corrected chi connectivity index (χ1v) is 10.5. The number of carbonyl (C=O) groups excluding carboxylic acids is 1. The molecule has 0 aliphatic rings. The van der Waals surface area contributed by atoms with Crippen LogP contribution >= 0.6 is 15.9 Å². The van der Waals surface area contributed by atoms with Crippen molar-refractivity contribution in [3.8, 4) is 6.07 Å². The van der Waals surface area contributed by atoms with Crippen LogP contribution in [-0.2, 0) is 13.1 Å². The molecule has 0 bridgehead atoms. The minimum Gasteiger partial charge on any atom is -0.449 e. The molecule has 7 heteroatoms. The Kier molecular flexibility index (Phi) is 5.83. The fourth-order valence-corrected chi connectivity index (χ4v) is 3.71. The highest BCUT2D eigenvalue weighted by molar-refractivity contribution is 9.10. The summed E-state index contributed by atoms with van der Waals surface area (Å²) in [5.41, 5.74) is 4.36. The van der Waals surface area contributed by atoms with Gasteiger partial charge in [-0.1, -0.05) is 28.1 Å². The normalized spacial score (nSPS) is 10.8. The largest absolute Gasteiger partial charge is 0.449 e. The van der Waals surface area contributed by atoms with Crippen LogP contribution in [0.5, 0.6) is 0 Å². The third-order valence-electron chi connectivity index (χ3n) is 5.14. The molecule has 0 saturated carbocycles. The Morgan fingerprint density at radius 1 is 1.13 bits per heavy atom. The van der Waals surface area contributed by atoms with E-state index in [1.54, 1.807) is 23.2 Å². The lowest BCUT2D eigenvalue weighted by Gasteiger charge is -2.24. The molecule has 0 atom stereocenters. The Hall–Kier alpha value is -3.50. The summed E-state index contributed by atoms with van der Waals surface area (Å²) in [6.07, 6.45) is 1.67. The second kappa shape index (κ2) is 8.70. The predicted octanol–water partition coefficient (Wildman–Crippen LogP) is 5.32. The van der Waals surface area contributed by atoms with Crippen molar-refractivity contribution in [1.29, 1.82) is 5.26 Å². The van der Waals surface area contributed by atoms with Gasteiger partial charge in [-0.15, -0.1) is 0 Å². The Morgan fingerprint density at radius 3 is 2.61 bits per heavy atom. The van der Waals surface area contributed by atoms with Gasteiger partial charge in [0.15, 0.2) is 0 Å². The summed E-state index contributed by atoms with van der Waals surface area (Å²) in [6, 6.07) is 16.8. The molecule has 4 aromatic rings. The van der Waals surface area contributed by atoms with Gasteiger partial charge >= 0.3 is 0 Å². The first-order valence-electron chi connectivity index (χ1n) is 9.70. The van der Waals surface area contributed by atoms with Crippen LogP contribution in [0.1, 0.15) is 38.7 Å². The van der Waals surface area contributed by atoms with Gasteiger partial charge in [-0.2, -0.15) is 5.26 Å². The fourth-order valence-electron chi connectivity index (χ4n) is 3.44. The molecule has 3 heterocycles. The molecule has 0 spiro atoms. The number of hydrogen-bond donors (Lipinski definition) is 0. The van der Waals surface area contributed by atoms with Crippen molar-refractivity contribution in [1.82, 2.24) is 14.9 Å². The zero-order chi connectivity index (χ0) is 22.0. The van der Waals surface area contributed by atoms with E-state index >= 15 is 0 Å². The third-order valence-corrected chi connectivity index (χ3v) is 5.66. The average molecular weight is 475 g/mol. The highest BCUT2D eigenvalue weighted by Crippen LogP contribution is 2.25. The van der Waals surface area contributed by atoms with Crippen molar-refractivity contribution >= 4 is 32.9 Å². The van der Waals surface area contributed by atoms with E-state index in [4.69, 9.17) is 9.68 Å². The van der Waals surface area contributed by atoms with Crippen LogP contribution in [0.15, 0.2) is 63.6 Å². The van der Waals surface area contributed by atoms with Crippen molar-refractivity contribution < 1.29 is 9.21 Å². The van der Waals surface area contributed by atoms with Crippen molar-refractivity contribution in [3.05, 3.63) is 93.1 Å². The van der Waals surface area contributed by atoms with Gasteiger partial charge in [0.05, 0.1) is 17.6 Å². The highest BCUT2D eigenvalue weighted by Gasteiger charge is 2.24. The summed E-state index contributed by atoms with van der Waals surface area (Å²) in [6.45, 7) is 4.39. The summed E-state index contributed by atoms with van der Waals surface area (Å²) in [5, 5.41) is 9.07.